The Kier molecular flexibility index (Phi) is 3.66. The van der Waals surface area contributed by atoms with Crippen LogP contribution in [0, 0.1) is 10.1 Å². The molecule has 1 aliphatic heterocycles. The van der Waals surface area contributed by atoms with E-state index >= 15 is 0 Å². The summed E-state index contributed by atoms with van der Waals surface area (Å²) in [5.41, 5.74) is 11.4. The van der Waals surface area contributed by atoms with Crippen molar-refractivity contribution >= 4 is 17.3 Å². The molecule has 1 fully saturated rings. The lowest BCUT2D eigenvalue weighted by atomic mass is 10.1. The average Bonchev–Trinajstić information content (AvgIpc) is 2.85. The molecular formula is C12H16N4O3. The van der Waals surface area contributed by atoms with Crippen molar-refractivity contribution in [1.29, 1.82) is 0 Å². The molecular weight excluding hydrogens is 248 g/mol. The minimum absolute atomic E-state index is 0.100. The first-order valence-electron chi connectivity index (χ1n) is 6.09. The number of nitro groups is 1. The first kappa shape index (κ1) is 13.3. The monoisotopic (exact) mass is 264 g/mol. The Morgan fingerprint density at radius 1 is 1.53 bits per heavy atom. The molecule has 19 heavy (non-hydrogen) atoms. The van der Waals surface area contributed by atoms with Gasteiger partial charge in [0.2, 0.25) is 5.91 Å². The van der Waals surface area contributed by atoms with E-state index in [2.05, 4.69) is 0 Å². The van der Waals surface area contributed by atoms with E-state index in [-0.39, 0.29) is 17.3 Å². The van der Waals surface area contributed by atoms with Gasteiger partial charge in [0.25, 0.3) is 5.69 Å². The second-order valence-electron chi connectivity index (χ2n) is 4.55. The van der Waals surface area contributed by atoms with Crippen molar-refractivity contribution in [1.82, 2.24) is 0 Å². The number of primary amides is 1. The van der Waals surface area contributed by atoms with Crippen molar-refractivity contribution in [2.24, 2.45) is 11.5 Å². The maximum Gasteiger partial charge on any atom is 0.293 e. The molecule has 2 rings (SSSR count). The van der Waals surface area contributed by atoms with Crippen molar-refractivity contribution in [3.05, 3.63) is 33.9 Å². The smallest absolute Gasteiger partial charge is 0.293 e. The second-order valence-corrected chi connectivity index (χ2v) is 4.55. The third kappa shape index (κ3) is 2.50. The zero-order valence-corrected chi connectivity index (χ0v) is 10.4. The molecule has 7 heteroatoms. The molecule has 1 atom stereocenters. The van der Waals surface area contributed by atoms with Gasteiger partial charge < -0.3 is 16.4 Å². The van der Waals surface area contributed by atoms with Crippen LogP contribution in [0.4, 0.5) is 11.4 Å². The highest BCUT2D eigenvalue weighted by molar-refractivity contribution is 5.94. The van der Waals surface area contributed by atoms with Crippen LogP contribution in [0.3, 0.4) is 0 Å². The zero-order chi connectivity index (χ0) is 14.0. The summed E-state index contributed by atoms with van der Waals surface area (Å²) < 4.78 is 0. The number of carbonyl (C=O) groups excluding carboxylic acids is 1. The summed E-state index contributed by atoms with van der Waals surface area (Å²) in [5.74, 6) is -0.675. The Bertz CT molecular complexity index is 518. The van der Waals surface area contributed by atoms with Crippen molar-refractivity contribution in [3.63, 3.8) is 0 Å². The molecule has 4 N–H and O–H groups in total. The Labute approximate surface area is 110 Å². The molecule has 7 nitrogen and oxygen atoms in total. The lowest BCUT2D eigenvalue weighted by molar-refractivity contribution is -0.384. The number of hydrogen-bond donors (Lipinski definition) is 2. The predicted molar refractivity (Wildman–Crippen MR) is 71.0 cm³/mol. The molecule has 0 aromatic heterocycles. The largest absolute Gasteiger partial charge is 0.366 e. The fourth-order valence-corrected chi connectivity index (χ4v) is 2.46. The SMILES string of the molecule is NCC1CCCN1c1ccc(C(N)=O)cc1[N+](=O)[O-]. The van der Waals surface area contributed by atoms with E-state index in [1.54, 1.807) is 6.07 Å². The van der Waals surface area contributed by atoms with Gasteiger partial charge in [0.05, 0.1) is 4.92 Å². The predicted octanol–water partition coefficient (Wildman–Crippen LogP) is 0.621. The molecule has 0 saturated carbocycles. The first-order valence-corrected chi connectivity index (χ1v) is 6.09. The molecule has 0 bridgehead atoms. The molecule has 1 unspecified atom stereocenters. The van der Waals surface area contributed by atoms with Gasteiger partial charge in [-0.1, -0.05) is 0 Å². The molecule has 1 aliphatic rings. The van der Waals surface area contributed by atoms with E-state index in [1.807, 2.05) is 4.90 Å². The minimum Gasteiger partial charge on any atom is -0.366 e. The number of nitro benzene ring substituents is 1. The van der Waals surface area contributed by atoms with Crippen LogP contribution in [-0.4, -0.2) is 30.0 Å². The van der Waals surface area contributed by atoms with Gasteiger partial charge in [0.15, 0.2) is 0 Å². The van der Waals surface area contributed by atoms with Gasteiger partial charge in [-0.3, -0.25) is 14.9 Å². The number of hydrogen-bond acceptors (Lipinski definition) is 5. The van der Waals surface area contributed by atoms with E-state index in [9.17, 15) is 14.9 Å². The van der Waals surface area contributed by atoms with Gasteiger partial charge in [0, 0.05) is 30.8 Å². The lowest BCUT2D eigenvalue weighted by Crippen LogP contribution is -2.35. The van der Waals surface area contributed by atoms with Crippen LogP contribution in [0.25, 0.3) is 0 Å². The van der Waals surface area contributed by atoms with Crippen LogP contribution in [0.5, 0.6) is 0 Å². The van der Waals surface area contributed by atoms with Crippen LogP contribution in [-0.2, 0) is 0 Å². The third-order valence-corrected chi connectivity index (χ3v) is 3.42. The highest BCUT2D eigenvalue weighted by Gasteiger charge is 2.29. The standard InChI is InChI=1S/C12H16N4O3/c13-7-9-2-1-5-15(9)10-4-3-8(12(14)17)6-11(10)16(18)19/h3-4,6,9H,1-2,5,7,13H2,(H2,14,17). The normalized spacial score (nSPS) is 18.6. The maximum atomic E-state index is 11.1. The zero-order valence-electron chi connectivity index (χ0n) is 10.4. The molecule has 0 radical (unpaired) electrons. The molecule has 1 heterocycles. The lowest BCUT2D eigenvalue weighted by Gasteiger charge is -2.25. The summed E-state index contributed by atoms with van der Waals surface area (Å²) >= 11 is 0. The van der Waals surface area contributed by atoms with Crippen molar-refractivity contribution in [2.45, 2.75) is 18.9 Å². The summed E-state index contributed by atoms with van der Waals surface area (Å²) in [6, 6.07) is 4.42. The van der Waals surface area contributed by atoms with Crippen LogP contribution in [0.2, 0.25) is 0 Å². The van der Waals surface area contributed by atoms with E-state index in [4.69, 9.17) is 11.5 Å². The third-order valence-electron chi connectivity index (χ3n) is 3.42. The number of carbonyl (C=O) groups is 1. The second kappa shape index (κ2) is 5.23. The van der Waals surface area contributed by atoms with Crippen LogP contribution >= 0.6 is 0 Å². The van der Waals surface area contributed by atoms with E-state index in [0.29, 0.717) is 12.2 Å². The summed E-state index contributed by atoms with van der Waals surface area (Å²) in [5, 5.41) is 11.1. The van der Waals surface area contributed by atoms with E-state index in [1.165, 1.54) is 12.1 Å². The summed E-state index contributed by atoms with van der Waals surface area (Å²) in [6.07, 6.45) is 1.88. The Balaban J connectivity index is 2.45. The molecule has 0 aliphatic carbocycles. The number of nitrogens with two attached hydrogens (primary N) is 2. The average molecular weight is 264 g/mol. The summed E-state index contributed by atoms with van der Waals surface area (Å²) in [7, 11) is 0. The van der Waals surface area contributed by atoms with Crippen molar-refractivity contribution in [2.75, 3.05) is 18.0 Å². The molecule has 1 amide bonds. The maximum absolute atomic E-state index is 11.1. The van der Waals surface area contributed by atoms with Gasteiger partial charge in [-0.05, 0) is 25.0 Å². The first-order chi connectivity index (χ1) is 9.04. The minimum atomic E-state index is -0.675. The Morgan fingerprint density at radius 3 is 2.84 bits per heavy atom. The van der Waals surface area contributed by atoms with Crippen LogP contribution < -0.4 is 16.4 Å². The van der Waals surface area contributed by atoms with E-state index < -0.39 is 10.8 Å². The number of rotatable bonds is 4. The summed E-state index contributed by atoms with van der Waals surface area (Å²) in [6.45, 7) is 1.19. The van der Waals surface area contributed by atoms with Crippen LogP contribution in [0.1, 0.15) is 23.2 Å². The highest BCUT2D eigenvalue weighted by Crippen LogP contribution is 2.33. The van der Waals surface area contributed by atoms with Gasteiger partial charge in [0.1, 0.15) is 5.69 Å². The highest BCUT2D eigenvalue weighted by atomic mass is 16.6. The van der Waals surface area contributed by atoms with Gasteiger partial charge in [-0.15, -0.1) is 0 Å². The quantitative estimate of drug-likeness (QED) is 0.611. The van der Waals surface area contributed by atoms with Gasteiger partial charge >= 0.3 is 0 Å². The summed E-state index contributed by atoms with van der Waals surface area (Å²) in [4.78, 5) is 23.7. The fraction of sp³-hybridized carbons (Fsp3) is 0.417. The number of amides is 1. The molecule has 0 spiro atoms. The number of anilines is 1. The Morgan fingerprint density at radius 2 is 2.26 bits per heavy atom. The molecule has 1 saturated heterocycles. The Hall–Kier alpha value is -2.15. The van der Waals surface area contributed by atoms with Gasteiger partial charge in [-0.2, -0.15) is 0 Å². The molecule has 1 aromatic rings. The fourth-order valence-electron chi connectivity index (χ4n) is 2.46. The number of nitrogens with zero attached hydrogens (tertiary/aromatic N) is 2. The van der Waals surface area contributed by atoms with Crippen LogP contribution in [0.15, 0.2) is 18.2 Å². The van der Waals surface area contributed by atoms with Gasteiger partial charge in [-0.25, -0.2) is 0 Å². The molecule has 1 aromatic carbocycles. The topological polar surface area (TPSA) is 115 Å². The number of benzene rings is 1. The van der Waals surface area contributed by atoms with Crippen molar-refractivity contribution in [3.8, 4) is 0 Å². The van der Waals surface area contributed by atoms with E-state index in [0.717, 1.165) is 19.4 Å². The molecule has 102 valence electrons. The van der Waals surface area contributed by atoms with Crippen molar-refractivity contribution < 1.29 is 9.72 Å².